The molecule has 2 rings (SSSR count). The van der Waals surface area contributed by atoms with Gasteiger partial charge in [0.1, 0.15) is 0 Å². The highest BCUT2D eigenvalue weighted by Crippen LogP contribution is 2.41. The van der Waals surface area contributed by atoms with Gasteiger partial charge in [0, 0.05) is 31.2 Å². The maximum Gasteiger partial charge on any atom is 0.0309 e. The number of nitrogens with one attached hydrogen (secondary N) is 1. The number of nitrogens with zero attached hydrogens (tertiary/aromatic N) is 1. The second-order valence-electron chi connectivity index (χ2n) is 7.34. The van der Waals surface area contributed by atoms with E-state index in [1.54, 1.807) is 0 Å². The highest BCUT2D eigenvalue weighted by molar-refractivity contribution is 5.04. The van der Waals surface area contributed by atoms with Gasteiger partial charge < -0.3 is 5.32 Å². The first kappa shape index (κ1) is 15.3. The van der Waals surface area contributed by atoms with E-state index in [4.69, 9.17) is 0 Å². The zero-order chi connectivity index (χ0) is 13.9. The molecule has 2 fully saturated rings. The predicted octanol–water partition coefficient (Wildman–Crippen LogP) is 3.67. The highest BCUT2D eigenvalue weighted by atomic mass is 15.3. The summed E-state index contributed by atoms with van der Waals surface area (Å²) in [5.41, 5.74) is 0.399. The molecule has 1 saturated heterocycles. The van der Waals surface area contributed by atoms with Crippen LogP contribution in [-0.4, -0.2) is 36.1 Å². The molecule has 2 aliphatic rings. The Kier molecular flexibility index (Phi) is 5.30. The summed E-state index contributed by atoms with van der Waals surface area (Å²) < 4.78 is 0. The van der Waals surface area contributed by atoms with Crippen molar-refractivity contribution >= 4 is 0 Å². The van der Waals surface area contributed by atoms with Crippen molar-refractivity contribution in [3.8, 4) is 0 Å². The van der Waals surface area contributed by atoms with Crippen molar-refractivity contribution in [2.24, 2.45) is 11.8 Å². The monoisotopic (exact) mass is 266 g/mol. The molecule has 0 amide bonds. The summed E-state index contributed by atoms with van der Waals surface area (Å²) in [6, 6.07) is 0.774. The standard InChI is InChI=1S/C17H34N2/c1-5-7-14(3)12-19-13-17(4,15-9-10-15)18-11-16(19)8-6-2/h14-16,18H,5-13H2,1-4H3. The fourth-order valence-electron chi connectivity index (χ4n) is 3.90. The Morgan fingerprint density at radius 2 is 2.00 bits per heavy atom. The van der Waals surface area contributed by atoms with Crippen LogP contribution in [0.5, 0.6) is 0 Å². The molecule has 0 bridgehead atoms. The number of hydrogen-bond acceptors (Lipinski definition) is 2. The molecule has 1 saturated carbocycles. The molecule has 0 radical (unpaired) electrons. The van der Waals surface area contributed by atoms with E-state index in [0.29, 0.717) is 5.54 Å². The molecule has 19 heavy (non-hydrogen) atoms. The van der Waals surface area contributed by atoms with Crippen molar-refractivity contribution < 1.29 is 0 Å². The Bertz CT molecular complexity index is 274. The molecule has 0 aromatic rings. The molecule has 1 aliphatic heterocycles. The Morgan fingerprint density at radius 3 is 2.58 bits per heavy atom. The fraction of sp³-hybridized carbons (Fsp3) is 1.00. The molecule has 0 spiro atoms. The lowest BCUT2D eigenvalue weighted by molar-refractivity contribution is 0.0576. The Balaban J connectivity index is 1.95. The minimum absolute atomic E-state index is 0.399. The topological polar surface area (TPSA) is 15.3 Å². The average molecular weight is 266 g/mol. The maximum absolute atomic E-state index is 3.89. The van der Waals surface area contributed by atoms with E-state index < -0.39 is 0 Å². The second-order valence-corrected chi connectivity index (χ2v) is 7.34. The lowest BCUT2D eigenvalue weighted by atomic mass is 9.89. The van der Waals surface area contributed by atoms with Gasteiger partial charge in [-0.1, -0.05) is 33.6 Å². The van der Waals surface area contributed by atoms with Gasteiger partial charge in [-0.15, -0.1) is 0 Å². The van der Waals surface area contributed by atoms with Crippen LogP contribution >= 0.6 is 0 Å². The van der Waals surface area contributed by atoms with Gasteiger partial charge in [0.15, 0.2) is 0 Å². The van der Waals surface area contributed by atoms with Gasteiger partial charge in [0.25, 0.3) is 0 Å². The van der Waals surface area contributed by atoms with Crippen LogP contribution in [0.2, 0.25) is 0 Å². The molecule has 0 aromatic heterocycles. The Hall–Kier alpha value is -0.0800. The molecule has 3 unspecified atom stereocenters. The zero-order valence-corrected chi connectivity index (χ0v) is 13.5. The van der Waals surface area contributed by atoms with Gasteiger partial charge >= 0.3 is 0 Å². The Labute approximate surface area is 120 Å². The van der Waals surface area contributed by atoms with Crippen LogP contribution < -0.4 is 5.32 Å². The fourth-order valence-corrected chi connectivity index (χ4v) is 3.90. The quantitative estimate of drug-likeness (QED) is 0.756. The largest absolute Gasteiger partial charge is 0.308 e. The van der Waals surface area contributed by atoms with E-state index in [9.17, 15) is 0 Å². The molecule has 112 valence electrons. The van der Waals surface area contributed by atoms with Crippen molar-refractivity contribution in [1.29, 1.82) is 0 Å². The smallest absolute Gasteiger partial charge is 0.0309 e. The average Bonchev–Trinajstić information content (AvgIpc) is 3.17. The molecule has 3 atom stereocenters. The summed E-state index contributed by atoms with van der Waals surface area (Å²) in [5, 5.41) is 3.89. The molecule has 1 N–H and O–H groups in total. The van der Waals surface area contributed by atoms with E-state index in [0.717, 1.165) is 17.9 Å². The highest BCUT2D eigenvalue weighted by Gasteiger charge is 2.45. The van der Waals surface area contributed by atoms with Crippen molar-refractivity contribution in [2.45, 2.75) is 77.8 Å². The van der Waals surface area contributed by atoms with Crippen molar-refractivity contribution in [3.05, 3.63) is 0 Å². The van der Waals surface area contributed by atoms with E-state index in [2.05, 4.69) is 37.9 Å². The molecule has 2 nitrogen and oxygen atoms in total. The summed E-state index contributed by atoms with van der Waals surface area (Å²) >= 11 is 0. The number of piperazine rings is 1. The summed E-state index contributed by atoms with van der Waals surface area (Å²) in [6.45, 7) is 13.3. The van der Waals surface area contributed by atoms with Crippen LogP contribution in [0, 0.1) is 11.8 Å². The first-order valence-electron chi connectivity index (χ1n) is 8.58. The third kappa shape index (κ3) is 3.95. The van der Waals surface area contributed by atoms with Gasteiger partial charge in [-0.3, -0.25) is 4.90 Å². The second kappa shape index (κ2) is 6.58. The zero-order valence-electron chi connectivity index (χ0n) is 13.5. The lowest BCUT2D eigenvalue weighted by Crippen LogP contribution is -2.64. The van der Waals surface area contributed by atoms with Crippen molar-refractivity contribution in [2.75, 3.05) is 19.6 Å². The maximum atomic E-state index is 3.89. The van der Waals surface area contributed by atoms with Crippen LogP contribution in [0.15, 0.2) is 0 Å². The van der Waals surface area contributed by atoms with Gasteiger partial charge in [-0.25, -0.2) is 0 Å². The molecular formula is C17H34N2. The summed E-state index contributed by atoms with van der Waals surface area (Å²) in [5.74, 6) is 1.80. The van der Waals surface area contributed by atoms with Crippen LogP contribution in [0.4, 0.5) is 0 Å². The normalized spacial score (nSPS) is 34.4. The third-order valence-electron chi connectivity index (χ3n) is 5.22. The van der Waals surface area contributed by atoms with Crippen LogP contribution in [-0.2, 0) is 0 Å². The first-order valence-corrected chi connectivity index (χ1v) is 8.58. The molecule has 2 heteroatoms. The third-order valence-corrected chi connectivity index (χ3v) is 5.22. The van der Waals surface area contributed by atoms with E-state index in [1.807, 2.05) is 0 Å². The minimum Gasteiger partial charge on any atom is -0.308 e. The molecule has 1 aliphatic carbocycles. The number of rotatable bonds is 7. The van der Waals surface area contributed by atoms with E-state index in [1.165, 1.54) is 58.2 Å². The SMILES string of the molecule is CCCC(C)CN1CC(C)(C2CC2)NCC1CCC. The van der Waals surface area contributed by atoms with E-state index >= 15 is 0 Å². The molecule has 1 heterocycles. The Morgan fingerprint density at radius 1 is 1.26 bits per heavy atom. The van der Waals surface area contributed by atoms with Crippen molar-refractivity contribution in [1.82, 2.24) is 10.2 Å². The molecule has 0 aromatic carbocycles. The van der Waals surface area contributed by atoms with Gasteiger partial charge in [0.05, 0.1) is 0 Å². The summed E-state index contributed by atoms with van der Waals surface area (Å²) in [4.78, 5) is 2.82. The van der Waals surface area contributed by atoms with Crippen LogP contribution in [0.1, 0.15) is 66.2 Å². The van der Waals surface area contributed by atoms with Crippen LogP contribution in [0.25, 0.3) is 0 Å². The summed E-state index contributed by atoms with van der Waals surface area (Å²) in [7, 11) is 0. The molecular weight excluding hydrogens is 232 g/mol. The first-order chi connectivity index (χ1) is 9.09. The van der Waals surface area contributed by atoms with Gasteiger partial charge in [-0.05, 0) is 44.4 Å². The minimum atomic E-state index is 0.399. The van der Waals surface area contributed by atoms with Gasteiger partial charge in [-0.2, -0.15) is 0 Å². The number of hydrogen-bond donors (Lipinski definition) is 1. The van der Waals surface area contributed by atoms with E-state index in [-0.39, 0.29) is 0 Å². The lowest BCUT2D eigenvalue weighted by Gasteiger charge is -2.47. The van der Waals surface area contributed by atoms with Gasteiger partial charge in [0.2, 0.25) is 0 Å². The van der Waals surface area contributed by atoms with Crippen molar-refractivity contribution in [3.63, 3.8) is 0 Å². The summed E-state index contributed by atoms with van der Waals surface area (Å²) in [6.07, 6.45) is 8.26. The predicted molar refractivity (Wildman–Crippen MR) is 83.5 cm³/mol. The van der Waals surface area contributed by atoms with Crippen LogP contribution in [0.3, 0.4) is 0 Å².